The Morgan fingerprint density at radius 1 is 1.47 bits per heavy atom. The Balaban J connectivity index is 3.27. The molecule has 0 saturated carbocycles. The van der Waals surface area contributed by atoms with E-state index in [4.69, 9.17) is 5.73 Å². The lowest BCUT2D eigenvalue weighted by Crippen LogP contribution is -2.34. The summed E-state index contributed by atoms with van der Waals surface area (Å²) in [6, 6.07) is 0. The smallest absolute Gasteiger partial charge is 0.330 e. The van der Waals surface area contributed by atoms with Gasteiger partial charge < -0.3 is 11.1 Å². The number of nitrogens with zero attached hydrogens (tertiary/aromatic N) is 1. The molecule has 0 spiro atoms. The van der Waals surface area contributed by atoms with Gasteiger partial charge in [0.05, 0.1) is 0 Å². The number of unbranched alkanes of at least 4 members (excludes halogenated alkanes) is 1. The lowest BCUT2D eigenvalue weighted by atomic mass is 10.3. The van der Waals surface area contributed by atoms with Crippen molar-refractivity contribution >= 4 is 17.4 Å². The first kappa shape index (κ1) is 13.0. The zero-order valence-electron chi connectivity index (χ0n) is 9.87. The van der Waals surface area contributed by atoms with E-state index < -0.39 is 17.2 Å². The Bertz CT molecular complexity index is 529. The maximum Gasteiger partial charge on any atom is 0.330 e. The van der Waals surface area contributed by atoms with Gasteiger partial charge in [-0.2, -0.15) is 0 Å². The Labute approximate surface area is 97.6 Å². The van der Waals surface area contributed by atoms with Crippen molar-refractivity contribution in [1.82, 2.24) is 9.55 Å². The second-order valence-corrected chi connectivity index (χ2v) is 3.71. The Morgan fingerprint density at radius 3 is 2.65 bits per heavy atom. The van der Waals surface area contributed by atoms with Gasteiger partial charge in [-0.1, -0.05) is 13.3 Å². The van der Waals surface area contributed by atoms with Crippen molar-refractivity contribution in [2.24, 2.45) is 0 Å². The number of rotatable bonds is 4. The van der Waals surface area contributed by atoms with E-state index in [2.05, 4.69) is 10.3 Å². The van der Waals surface area contributed by atoms with Gasteiger partial charge in [0.1, 0.15) is 11.5 Å². The molecule has 0 unspecified atom stereocenters. The van der Waals surface area contributed by atoms with Crippen LogP contribution in [0.5, 0.6) is 0 Å². The van der Waals surface area contributed by atoms with Crippen LogP contribution in [-0.4, -0.2) is 15.5 Å². The highest BCUT2D eigenvalue weighted by molar-refractivity contribution is 5.91. The standard InChI is InChI=1S/C10H16N4O3/c1-3-4-5-14-8(11)7(12-6(2)15)9(16)13-10(14)17/h3-5,11H2,1-2H3,(H,12,15)(H,13,16,17). The second kappa shape index (κ2) is 5.33. The number of carbonyl (C=O) groups excluding carboxylic acids is 1. The van der Waals surface area contributed by atoms with Crippen LogP contribution in [-0.2, 0) is 11.3 Å². The number of hydrogen-bond donors (Lipinski definition) is 3. The van der Waals surface area contributed by atoms with Gasteiger partial charge in [-0.25, -0.2) is 4.79 Å². The van der Waals surface area contributed by atoms with Gasteiger partial charge in [0, 0.05) is 13.5 Å². The fourth-order valence-corrected chi connectivity index (χ4v) is 1.42. The summed E-state index contributed by atoms with van der Waals surface area (Å²) in [5.41, 5.74) is 4.38. The quantitative estimate of drug-likeness (QED) is 0.681. The van der Waals surface area contributed by atoms with Gasteiger partial charge in [0.15, 0.2) is 0 Å². The number of nitrogens with one attached hydrogen (secondary N) is 2. The van der Waals surface area contributed by atoms with Crippen LogP contribution in [0.15, 0.2) is 9.59 Å². The third kappa shape index (κ3) is 2.96. The zero-order chi connectivity index (χ0) is 13.0. The molecular formula is C10H16N4O3. The van der Waals surface area contributed by atoms with Crippen molar-refractivity contribution in [1.29, 1.82) is 0 Å². The predicted molar refractivity (Wildman–Crippen MR) is 64.9 cm³/mol. The van der Waals surface area contributed by atoms with Gasteiger partial charge >= 0.3 is 5.69 Å². The van der Waals surface area contributed by atoms with Crippen LogP contribution in [0, 0.1) is 0 Å². The van der Waals surface area contributed by atoms with E-state index in [-0.39, 0.29) is 11.5 Å². The third-order valence-corrected chi connectivity index (χ3v) is 2.28. The molecule has 0 radical (unpaired) electrons. The highest BCUT2D eigenvalue weighted by Gasteiger charge is 2.12. The van der Waals surface area contributed by atoms with Crippen LogP contribution in [0.3, 0.4) is 0 Å². The summed E-state index contributed by atoms with van der Waals surface area (Å²) in [7, 11) is 0. The minimum Gasteiger partial charge on any atom is -0.383 e. The summed E-state index contributed by atoms with van der Waals surface area (Å²) in [5.74, 6) is -0.426. The molecule has 0 fully saturated rings. The fourth-order valence-electron chi connectivity index (χ4n) is 1.42. The van der Waals surface area contributed by atoms with E-state index in [1.54, 1.807) is 0 Å². The van der Waals surface area contributed by atoms with Gasteiger partial charge in [0.25, 0.3) is 5.56 Å². The summed E-state index contributed by atoms with van der Waals surface area (Å²) in [6.07, 6.45) is 1.65. The molecule has 0 bridgehead atoms. The van der Waals surface area contributed by atoms with E-state index in [1.807, 2.05) is 6.92 Å². The third-order valence-electron chi connectivity index (χ3n) is 2.28. The first-order valence-electron chi connectivity index (χ1n) is 5.37. The Hall–Kier alpha value is -2.05. The topological polar surface area (TPSA) is 110 Å². The maximum absolute atomic E-state index is 11.5. The number of carbonyl (C=O) groups is 1. The normalized spacial score (nSPS) is 10.2. The molecule has 17 heavy (non-hydrogen) atoms. The molecule has 1 aromatic rings. The molecule has 7 heteroatoms. The van der Waals surface area contributed by atoms with Crippen molar-refractivity contribution in [3.05, 3.63) is 20.8 Å². The summed E-state index contributed by atoms with van der Waals surface area (Å²) in [6.45, 7) is 3.65. The molecule has 0 aliphatic heterocycles. The lowest BCUT2D eigenvalue weighted by Gasteiger charge is -2.11. The first-order valence-corrected chi connectivity index (χ1v) is 5.37. The van der Waals surface area contributed by atoms with Crippen LogP contribution in [0.2, 0.25) is 0 Å². The van der Waals surface area contributed by atoms with E-state index in [9.17, 15) is 14.4 Å². The monoisotopic (exact) mass is 240 g/mol. The van der Waals surface area contributed by atoms with E-state index >= 15 is 0 Å². The number of aromatic amines is 1. The largest absolute Gasteiger partial charge is 0.383 e. The Morgan fingerprint density at radius 2 is 2.12 bits per heavy atom. The van der Waals surface area contributed by atoms with E-state index in [1.165, 1.54) is 11.5 Å². The van der Waals surface area contributed by atoms with Crippen molar-refractivity contribution in [3.8, 4) is 0 Å². The predicted octanol–water partition coefficient (Wildman–Crippen LogP) is -0.123. The van der Waals surface area contributed by atoms with Crippen molar-refractivity contribution in [2.75, 3.05) is 11.1 Å². The lowest BCUT2D eigenvalue weighted by molar-refractivity contribution is -0.114. The molecule has 0 aliphatic carbocycles. The van der Waals surface area contributed by atoms with Crippen LogP contribution in [0.4, 0.5) is 11.5 Å². The number of H-pyrrole nitrogens is 1. The molecule has 7 nitrogen and oxygen atoms in total. The molecule has 0 atom stereocenters. The molecule has 0 aliphatic rings. The van der Waals surface area contributed by atoms with Gasteiger partial charge in [0.2, 0.25) is 5.91 Å². The molecule has 94 valence electrons. The maximum atomic E-state index is 11.5. The summed E-state index contributed by atoms with van der Waals surface area (Å²) in [5, 5.41) is 2.32. The van der Waals surface area contributed by atoms with E-state index in [0.29, 0.717) is 6.54 Å². The van der Waals surface area contributed by atoms with E-state index in [0.717, 1.165) is 12.8 Å². The molecule has 1 aromatic heterocycles. The molecule has 4 N–H and O–H groups in total. The Kier molecular flexibility index (Phi) is 4.08. The van der Waals surface area contributed by atoms with Crippen molar-refractivity contribution in [3.63, 3.8) is 0 Å². The van der Waals surface area contributed by atoms with Crippen LogP contribution in [0.25, 0.3) is 0 Å². The number of nitrogen functional groups attached to an aromatic ring is 1. The number of nitrogens with two attached hydrogens (primary N) is 1. The molecular weight excluding hydrogens is 224 g/mol. The average Bonchev–Trinajstić information content (AvgIpc) is 2.23. The summed E-state index contributed by atoms with van der Waals surface area (Å²) < 4.78 is 1.25. The van der Waals surface area contributed by atoms with Gasteiger partial charge in [-0.05, 0) is 6.42 Å². The number of amides is 1. The first-order chi connectivity index (χ1) is 7.97. The minimum absolute atomic E-state index is 0.0117. The van der Waals surface area contributed by atoms with Crippen molar-refractivity contribution in [2.45, 2.75) is 33.2 Å². The second-order valence-electron chi connectivity index (χ2n) is 3.71. The average molecular weight is 240 g/mol. The highest BCUT2D eigenvalue weighted by atomic mass is 16.2. The highest BCUT2D eigenvalue weighted by Crippen LogP contribution is 2.10. The van der Waals surface area contributed by atoms with Crippen LogP contribution >= 0.6 is 0 Å². The SMILES string of the molecule is CCCCn1c(N)c(NC(C)=O)c(=O)[nH]c1=O. The molecule has 1 amide bonds. The van der Waals surface area contributed by atoms with Crippen molar-refractivity contribution < 1.29 is 4.79 Å². The molecule has 0 aromatic carbocycles. The zero-order valence-corrected chi connectivity index (χ0v) is 9.87. The summed E-state index contributed by atoms with van der Waals surface area (Å²) in [4.78, 5) is 36.0. The van der Waals surface area contributed by atoms with Gasteiger partial charge in [-0.15, -0.1) is 0 Å². The summed E-state index contributed by atoms with van der Waals surface area (Å²) >= 11 is 0. The van der Waals surface area contributed by atoms with Crippen LogP contribution in [0.1, 0.15) is 26.7 Å². The molecule has 0 saturated heterocycles. The molecule has 1 heterocycles. The molecule has 1 rings (SSSR count). The minimum atomic E-state index is -0.685. The number of hydrogen-bond acceptors (Lipinski definition) is 4. The number of aromatic nitrogens is 2. The fraction of sp³-hybridized carbons (Fsp3) is 0.500. The van der Waals surface area contributed by atoms with Crippen LogP contribution < -0.4 is 22.3 Å². The number of anilines is 2. The van der Waals surface area contributed by atoms with Gasteiger partial charge in [-0.3, -0.25) is 19.1 Å².